The van der Waals surface area contributed by atoms with E-state index in [1.54, 1.807) is 25.3 Å². The van der Waals surface area contributed by atoms with Gasteiger partial charge in [0.25, 0.3) is 0 Å². The zero-order chi connectivity index (χ0) is 13.5. The number of nitrogens with zero attached hydrogens (tertiary/aromatic N) is 1. The standard InChI is InChI=1S/C12H14N2O3S/c1-16-9-7-11(18-3)10(17-2)6-8(9)14-12(15)4-5-13/h6-7H,4H2,1-3H3,(H,14,15). The van der Waals surface area contributed by atoms with Crippen LogP contribution in [0.2, 0.25) is 0 Å². The van der Waals surface area contributed by atoms with Crippen molar-refractivity contribution in [1.29, 1.82) is 5.26 Å². The maximum atomic E-state index is 11.4. The lowest BCUT2D eigenvalue weighted by atomic mass is 10.2. The average Bonchev–Trinajstić information content (AvgIpc) is 2.38. The first-order chi connectivity index (χ1) is 8.65. The van der Waals surface area contributed by atoms with E-state index >= 15 is 0 Å². The molecule has 0 spiro atoms. The van der Waals surface area contributed by atoms with Gasteiger partial charge in [0, 0.05) is 6.07 Å². The zero-order valence-corrected chi connectivity index (χ0v) is 11.3. The highest BCUT2D eigenvalue weighted by atomic mass is 32.2. The largest absolute Gasteiger partial charge is 0.496 e. The van der Waals surface area contributed by atoms with Crippen LogP contribution in [0.4, 0.5) is 5.69 Å². The lowest BCUT2D eigenvalue weighted by Crippen LogP contribution is -2.11. The van der Waals surface area contributed by atoms with E-state index in [4.69, 9.17) is 14.7 Å². The second kappa shape index (κ2) is 6.77. The van der Waals surface area contributed by atoms with Crippen LogP contribution in [0.5, 0.6) is 11.5 Å². The van der Waals surface area contributed by atoms with E-state index in [1.165, 1.54) is 18.9 Å². The third kappa shape index (κ3) is 3.31. The second-order valence-electron chi connectivity index (χ2n) is 3.29. The first-order valence-electron chi connectivity index (χ1n) is 5.13. The van der Waals surface area contributed by atoms with Gasteiger partial charge in [0.15, 0.2) is 0 Å². The summed E-state index contributed by atoms with van der Waals surface area (Å²) in [5.74, 6) is 0.803. The third-order valence-corrected chi connectivity index (χ3v) is 2.98. The quantitative estimate of drug-likeness (QED) is 0.828. The molecular weight excluding hydrogens is 252 g/mol. The fourth-order valence-corrected chi connectivity index (χ4v) is 1.96. The summed E-state index contributed by atoms with van der Waals surface area (Å²) in [4.78, 5) is 12.3. The van der Waals surface area contributed by atoms with E-state index in [1.807, 2.05) is 6.26 Å². The van der Waals surface area contributed by atoms with Crippen molar-refractivity contribution < 1.29 is 14.3 Å². The summed E-state index contributed by atoms with van der Waals surface area (Å²) in [6, 6.07) is 5.25. The molecule has 0 aliphatic rings. The van der Waals surface area contributed by atoms with Crippen LogP contribution in [-0.2, 0) is 4.79 Å². The van der Waals surface area contributed by atoms with Gasteiger partial charge < -0.3 is 14.8 Å². The first-order valence-corrected chi connectivity index (χ1v) is 6.35. The smallest absolute Gasteiger partial charge is 0.238 e. The predicted molar refractivity (Wildman–Crippen MR) is 70.2 cm³/mol. The van der Waals surface area contributed by atoms with Gasteiger partial charge in [-0.1, -0.05) is 0 Å². The molecule has 0 atom stereocenters. The van der Waals surface area contributed by atoms with Crippen molar-refractivity contribution in [3.05, 3.63) is 12.1 Å². The van der Waals surface area contributed by atoms with Crippen LogP contribution in [0.3, 0.4) is 0 Å². The Hall–Kier alpha value is -1.87. The molecule has 0 aliphatic carbocycles. The van der Waals surface area contributed by atoms with Crippen molar-refractivity contribution in [2.24, 2.45) is 0 Å². The highest BCUT2D eigenvalue weighted by molar-refractivity contribution is 7.98. The Bertz CT molecular complexity index is 483. The van der Waals surface area contributed by atoms with E-state index in [0.717, 1.165) is 4.90 Å². The molecule has 1 rings (SSSR count). The van der Waals surface area contributed by atoms with Crippen molar-refractivity contribution >= 4 is 23.4 Å². The highest BCUT2D eigenvalue weighted by Crippen LogP contribution is 2.37. The van der Waals surface area contributed by atoms with E-state index in [2.05, 4.69) is 5.32 Å². The third-order valence-electron chi connectivity index (χ3n) is 2.22. The number of nitrogens with one attached hydrogen (secondary N) is 1. The second-order valence-corrected chi connectivity index (χ2v) is 4.14. The Labute approximate surface area is 110 Å². The molecule has 0 radical (unpaired) electrons. The summed E-state index contributed by atoms with van der Waals surface area (Å²) >= 11 is 1.52. The summed E-state index contributed by atoms with van der Waals surface area (Å²) < 4.78 is 10.4. The van der Waals surface area contributed by atoms with E-state index in [-0.39, 0.29) is 12.3 Å². The number of hydrogen-bond donors (Lipinski definition) is 1. The molecule has 1 aromatic rings. The Balaban J connectivity index is 3.10. The minimum atomic E-state index is -0.380. The topological polar surface area (TPSA) is 71.3 Å². The number of methoxy groups -OCH3 is 2. The number of thioether (sulfide) groups is 1. The summed E-state index contributed by atoms with van der Waals surface area (Å²) in [6.45, 7) is 0. The van der Waals surface area contributed by atoms with Crippen molar-refractivity contribution in [2.75, 3.05) is 25.8 Å². The molecular formula is C12H14N2O3S. The fourth-order valence-electron chi connectivity index (χ4n) is 1.39. The SMILES string of the molecule is COc1cc(SC)c(OC)cc1NC(=O)CC#N. The van der Waals surface area contributed by atoms with Crippen molar-refractivity contribution in [3.8, 4) is 17.6 Å². The molecule has 0 fully saturated rings. The number of nitriles is 1. The van der Waals surface area contributed by atoms with Gasteiger partial charge in [-0.3, -0.25) is 4.79 Å². The van der Waals surface area contributed by atoms with Crippen LogP contribution >= 0.6 is 11.8 Å². The molecule has 0 aliphatic heterocycles. The van der Waals surface area contributed by atoms with Crippen LogP contribution in [-0.4, -0.2) is 26.4 Å². The van der Waals surface area contributed by atoms with Crippen LogP contribution < -0.4 is 14.8 Å². The van der Waals surface area contributed by atoms with Crippen molar-refractivity contribution in [3.63, 3.8) is 0 Å². The molecule has 1 amide bonds. The molecule has 0 bridgehead atoms. The van der Waals surface area contributed by atoms with Gasteiger partial charge >= 0.3 is 0 Å². The zero-order valence-electron chi connectivity index (χ0n) is 10.4. The number of carbonyl (C=O) groups excluding carboxylic acids is 1. The number of ether oxygens (including phenoxy) is 2. The molecule has 96 valence electrons. The molecule has 18 heavy (non-hydrogen) atoms. The first kappa shape index (κ1) is 14.2. The summed E-state index contributed by atoms with van der Waals surface area (Å²) in [7, 11) is 3.08. The Morgan fingerprint density at radius 2 is 2.06 bits per heavy atom. The molecule has 0 aromatic heterocycles. The maximum absolute atomic E-state index is 11.4. The maximum Gasteiger partial charge on any atom is 0.238 e. The summed E-state index contributed by atoms with van der Waals surface area (Å²) in [5, 5.41) is 11.1. The summed E-state index contributed by atoms with van der Waals surface area (Å²) in [6.07, 6.45) is 1.72. The Morgan fingerprint density at radius 1 is 1.39 bits per heavy atom. The van der Waals surface area contributed by atoms with Gasteiger partial charge in [0.05, 0.1) is 30.9 Å². The Morgan fingerprint density at radius 3 is 2.56 bits per heavy atom. The van der Waals surface area contributed by atoms with Crippen molar-refractivity contribution in [1.82, 2.24) is 0 Å². The van der Waals surface area contributed by atoms with Crippen LogP contribution in [0.1, 0.15) is 6.42 Å². The molecule has 0 saturated heterocycles. The lowest BCUT2D eigenvalue weighted by Gasteiger charge is -2.14. The number of rotatable bonds is 5. The van der Waals surface area contributed by atoms with Gasteiger partial charge in [0.1, 0.15) is 17.9 Å². The van der Waals surface area contributed by atoms with E-state index in [0.29, 0.717) is 17.2 Å². The summed E-state index contributed by atoms with van der Waals surface area (Å²) in [5.41, 5.74) is 0.493. The van der Waals surface area contributed by atoms with E-state index in [9.17, 15) is 4.79 Å². The van der Waals surface area contributed by atoms with Crippen LogP contribution in [0.25, 0.3) is 0 Å². The van der Waals surface area contributed by atoms with Crippen molar-refractivity contribution in [2.45, 2.75) is 11.3 Å². The minimum Gasteiger partial charge on any atom is -0.496 e. The molecule has 1 aromatic carbocycles. The minimum absolute atomic E-state index is 0.199. The normalized spacial score (nSPS) is 9.44. The van der Waals surface area contributed by atoms with Crippen LogP contribution in [0.15, 0.2) is 17.0 Å². The fraction of sp³-hybridized carbons (Fsp3) is 0.333. The number of hydrogen-bond acceptors (Lipinski definition) is 5. The van der Waals surface area contributed by atoms with Gasteiger partial charge in [-0.2, -0.15) is 5.26 Å². The highest BCUT2D eigenvalue weighted by Gasteiger charge is 2.12. The molecule has 1 N–H and O–H groups in total. The molecule has 6 heteroatoms. The van der Waals surface area contributed by atoms with Gasteiger partial charge in [-0.15, -0.1) is 11.8 Å². The lowest BCUT2D eigenvalue weighted by molar-refractivity contribution is -0.115. The van der Waals surface area contributed by atoms with Gasteiger partial charge in [-0.25, -0.2) is 0 Å². The number of benzene rings is 1. The monoisotopic (exact) mass is 266 g/mol. The molecule has 5 nitrogen and oxygen atoms in total. The number of carbonyl (C=O) groups is 1. The molecule has 0 saturated carbocycles. The molecule has 0 heterocycles. The number of amides is 1. The number of anilines is 1. The van der Waals surface area contributed by atoms with E-state index < -0.39 is 0 Å². The van der Waals surface area contributed by atoms with Crippen LogP contribution in [0, 0.1) is 11.3 Å². The predicted octanol–water partition coefficient (Wildman–Crippen LogP) is 2.28. The molecule has 0 unspecified atom stereocenters. The average molecular weight is 266 g/mol. The van der Waals surface area contributed by atoms with Gasteiger partial charge in [0.2, 0.25) is 5.91 Å². The Kier molecular flexibility index (Phi) is 5.33. The van der Waals surface area contributed by atoms with Gasteiger partial charge in [-0.05, 0) is 12.3 Å².